The zero-order valence-corrected chi connectivity index (χ0v) is 27.6. The van der Waals surface area contributed by atoms with Crippen LogP contribution >= 0.6 is 0 Å². The predicted molar refractivity (Wildman–Crippen MR) is 178 cm³/mol. The topological polar surface area (TPSA) is 36.9 Å². The van der Waals surface area contributed by atoms with Gasteiger partial charge in [0.25, 0.3) is 0 Å². The molecule has 42 heavy (non-hydrogen) atoms. The van der Waals surface area contributed by atoms with Crippen molar-refractivity contribution in [2.45, 2.75) is 105 Å². The number of rotatable bonds is 2. The highest BCUT2D eigenvalue weighted by molar-refractivity contribution is 6.63. The van der Waals surface area contributed by atoms with Crippen LogP contribution in [0.3, 0.4) is 0 Å². The molecule has 2 fully saturated rings. The average Bonchev–Trinajstić information content (AvgIpc) is 3.25. The lowest BCUT2D eigenvalue weighted by Gasteiger charge is -2.32. The molecule has 6 heteroatoms. The second-order valence-corrected chi connectivity index (χ2v) is 14.2. The minimum absolute atomic E-state index is 0.351. The van der Waals surface area contributed by atoms with Gasteiger partial charge in [0.1, 0.15) is 0 Å². The van der Waals surface area contributed by atoms with E-state index < -0.39 is 0 Å². The van der Waals surface area contributed by atoms with Crippen LogP contribution in [-0.2, 0) is 18.6 Å². The lowest BCUT2D eigenvalue weighted by Crippen LogP contribution is -2.41. The second kappa shape index (κ2) is 10.5. The SMILES string of the molecule is Cc1cc(B2OC(C)(C)C(C)(C)O2)cc2c(C)cc(B3OC(C)(C)C(C)(C)O3)cc12.Cc1cccc2c(C)cccc12. The van der Waals surface area contributed by atoms with E-state index in [1.165, 1.54) is 43.8 Å². The third-order valence-corrected chi connectivity index (χ3v) is 9.94. The first kappa shape index (κ1) is 30.8. The van der Waals surface area contributed by atoms with Gasteiger partial charge >= 0.3 is 14.2 Å². The van der Waals surface area contributed by atoms with Crippen LogP contribution in [-0.4, -0.2) is 36.6 Å². The first-order chi connectivity index (χ1) is 19.4. The molecule has 0 spiro atoms. The maximum atomic E-state index is 6.28. The standard InChI is InChI=1S/C24H34B2O4.C12H12/c1-15-11-17(25-27-21(3,4)22(5,6)28-25)14-20-16(2)12-18(13-19(15)20)26-29-23(7,8)24(9,10)30-26;1-9-5-3-8-12-10(2)6-4-7-11(9)12/h11-14H,1-10H3;3-8H,1-2H3. The van der Waals surface area contributed by atoms with Crippen molar-refractivity contribution in [2.75, 3.05) is 0 Å². The summed E-state index contributed by atoms with van der Waals surface area (Å²) in [5.41, 5.74) is 5.82. The molecule has 0 atom stereocenters. The van der Waals surface area contributed by atoms with E-state index in [0.29, 0.717) is 0 Å². The molecular formula is C36H46B2O4. The van der Waals surface area contributed by atoms with Crippen molar-refractivity contribution in [1.82, 2.24) is 0 Å². The fraction of sp³-hybridized carbons (Fsp3) is 0.444. The van der Waals surface area contributed by atoms with Gasteiger partial charge in [-0.2, -0.15) is 0 Å². The highest BCUT2D eigenvalue weighted by Crippen LogP contribution is 2.38. The molecule has 4 aromatic carbocycles. The van der Waals surface area contributed by atoms with Crippen molar-refractivity contribution < 1.29 is 18.6 Å². The summed E-state index contributed by atoms with van der Waals surface area (Å²) in [6.07, 6.45) is 0. The van der Waals surface area contributed by atoms with Gasteiger partial charge in [0.05, 0.1) is 22.4 Å². The quantitative estimate of drug-likeness (QED) is 0.236. The van der Waals surface area contributed by atoms with Crippen LogP contribution in [0.4, 0.5) is 0 Å². The van der Waals surface area contributed by atoms with Crippen LogP contribution in [0.25, 0.3) is 21.5 Å². The number of fused-ring (bicyclic) bond motifs is 2. The van der Waals surface area contributed by atoms with Gasteiger partial charge in [-0.25, -0.2) is 0 Å². The maximum Gasteiger partial charge on any atom is 0.494 e. The van der Waals surface area contributed by atoms with E-state index in [0.717, 1.165) is 10.9 Å². The van der Waals surface area contributed by atoms with Gasteiger partial charge in [-0.3, -0.25) is 0 Å². The van der Waals surface area contributed by atoms with Crippen molar-refractivity contribution in [3.63, 3.8) is 0 Å². The van der Waals surface area contributed by atoms with Gasteiger partial charge in [-0.05, 0) is 138 Å². The fourth-order valence-corrected chi connectivity index (χ4v) is 5.73. The Bertz CT molecular complexity index is 1500. The van der Waals surface area contributed by atoms with E-state index >= 15 is 0 Å². The highest BCUT2D eigenvalue weighted by atomic mass is 16.7. The molecule has 0 N–H and O–H groups in total. The van der Waals surface area contributed by atoms with E-state index in [-0.39, 0.29) is 36.6 Å². The number of aryl methyl sites for hydroxylation is 4. The molecular weight excluding hydrogens is 518 g/mol. The summed E-state index contributed by atoms with van der Waals surface area (Å²) < 4.78 is 25.1. The third kappa shape index (κ3) is 5.43. The molecule has 2 aliphatic rings. The fourth-order valence-electron chi connectivity index (χ4n) is 5.73. The summed E-state index contributed by atoms with van der Waals surface area (Å²) in [7, 11) is -0.722. The highest BCUT2D eigenvalue weighted by Gasteiger charge is 2.53. The molecule has 4 nitrogen and oxygen atoms in total. The Morgan fingerprint density at radius 2 is 0.714 bits per heavy atom. The Balaban J connectivity index is 0.000000244. The largest absolute Gasteiger partial charge is 0.494 e. The average molecular weight is 564 g/mol. The zero-order chi connectivity index (χ0) is 30.8. The molecule has 2 aliphatic heterocycles. The van der Waals surface area contributed by atoms with Gasteiger partial charge < -0.3 is 18.6 Å². The van der Waals surface area contributed by atoms with Crippen molar-refractivity contribution in [3.05, 3.63) is 82.9 Å². The van der Waals surface area contributed by atoms with Crippen LogP contribution in [0.1, 0.15) is 77.6 Å². The minimum Gasteiger partial charge on any atom is -0.399 e. The molecule has 0 aromatic heterocycles. The summed E-state index contributed by atoms with van der Waals surface area (Å²) in [6.45, 7) is 25.3. The number of benzene rings is 4. The van der Waals surface area contributed by atoms with Crippen molar-refractivity contribution in [1.29, 1.82) is 0 Å². The summed E-state index contributed by atoms with van der Waals surface area (Å²) in [6, 6.07) is 21.7. The van der Waals surface area contributed by atoms with E-state index in [1.807, 2.05) is 0 Å². The van der Waals surface area contributed by atoms with Crippen LogP contribution in [0.15, 0.2) is 60.7 Å². The predicted octanol–water partition coefficient (Wildman–Crippen LogP) is 7.51. The zero-order valence-electron chi connectivity index (χ0n) is 27.6. The molecule has 4 aromatic rings. The molecule has 0 amide bonds. The molecule has 0 unspecified atom stereocenters. The molecule has 0 saturated carbocycles. The van der Waals surface area contributed by atoms with Gasteiger partial charge in [0.2, 0.25) is 0 Å². The van der Waals surface area contributed by atoms with E-state index in [4.69, 9.17) is 18.6 Å². The first-order valence-electron chi connectivity index (χ1n) is 15.1. The summed E-state index contributed by atoms with van der Waals surface area (Å²) in [5, 5.41) is 5.16. The Labute approximate surface area is 253 Å². The molecule has 0 bridgehead atoms. The van der Waals surface area contributed by atoms with Gasteiger partial charge in [0, 0.05) is 0 Å². The normalized spacial score (nSPS) is 20.2. The van der Waals surface area contributed by atoms with E-state index in [9.17, 15) is 0 Å². The Morgan fingerprint density at radius 1 is 0.405 bits per heavy atom. The lowest BCUT2D eigenvalue weighted by molar-refractivity contribution is 0.00578. The molecule has 2 heterocycles. The van der Waals surface area contributed by atoms with E-state index in [2.05, 4.69) is 144 Å². The Morgan fingerprint density at radius 3 is 1.02 bits per heavy atom. The number of hydrogen-bond donors (Lipinski definition) is 0. The lowest BCUT2D eigenvalue weighted by atomic mass is 9.74. The van der Waals surface area contributed by atoms with Crippen LogP contribution in [0.2, 0.25) is 0 Å². The monoisotopic (exact) mass is 564 g/mol. The van der Waals surface area contributed by atoms with E-state index in [1.54, 1.807) is 0 Å². The van der Waals surface area contributed by atoms with Crippen molar-refractivity contribution in [2.24, 2.45) is 0 Å². The summed E-state index contributed by atoms with van der Waals surface area (Å²) >= 11 is 0. The molecule has 2 saturated heterocycles. The maximum absolute atomic E-state index is 6.28. The van der Waals surface area contributed by atoms with Gasteiger partial charge in [0.15, 0.2) is 0 Å². The third-order valence-electron chi connectivity index (χ3n) is 9.94. The van der Waals surface area contributed by atoms with Gasteiger partial charge in [-0.1, -0.05) is 60.7 Å². The first-order valence-corrected chi connectivity index (χ1v) is 15.1. The molecule has 6 rings (SSSR count). The second-order valence-electron chi connectivity index (χ2n) is 14.2. The van der Waals surface area contributed by atoms with Crippen LogP contribution < -0.4 is 10.9 Å². The van der Waals surface area contributed by atoms with Crippen molar-refractivity contribution >= 4 is 46.7 Å². The Hall–Kier alpha value is -2.63. The molecule has 0 aliphatic carbocycles. The summed E-state index contributed by atoms with van der Waals surface area (Å²) in [5.74, 6) is 0. The summed E-state index contributed by atoms with van der Waals surface area (Å²) in [4.78, 5) is 0. The van der Waals surface area contributed by atoms with Gasteiger partial charge in [-0.15, -0.1) is 0 Å². The minimum atomic E-state index is -0.361. The number of hydrogen-bond acceptors (Lipinski definition) is 4. The van der Waals surface area contributed by atoms with Crippen LogP contribution in [0.5, 0.6) is 0 Å². The van der Waals surface area contributed by atoms with Crippen LogP contribution in [0, 0.1) is 27.7 Å². The molecule has 0 radical (unpaired) electrons. The Kier molecular flexibility index (Phi) is 7.72. The smallest absolute Gasteiger partial charge is 0.399 e. The van der Waals surface area contributed by atoms with Crippen molar-refractivity contribution in [3.8, 4) is 0 Å². The molecule has 220 valence electrons.